The van der Waals surface area contributed by atoms with Gasteiger partial charge < -0.3 is 78.8 Å². The first-order valence-electron chi connectivity index (χ1n) is 69.3. The number of alkyl halides is 2. The number of carboxylic acids is 3. The number of hydroxylamine groups is 2. The summed E-state index contributed by atoms with van der Waals surface area (Å²) in [7, 11) is -10.1. The third-order valence-corrected chi connectivity index (χ3v) is 37.2. The number of imide groups is 1. The number of allylic oxidation sites excluding steroid dienone is 15. The number of nitrogens with zero attached hydrogens (tertiary/aromatic N) is 7. The van der Waals surface area contributed by atoms with Gasteiger partial charge in [-0.1, -0.05) is 101 Å². The van der Waals surface area contributed by atoms with Gasteiger partial charge in [-0.2, -0.15) is 0 Å². The van der Waals surface area contributed by atoms with E-state index in [1.807, 2.05) is 13.1 Å². The zero-order valence-electron chi connectivity index (χ0n) is 124. The first kappa shape index (κ1) is 62.5. The van der Waals surface area contributed by atoms with Gasteiger partial charge in [0.05, 0.1) is 69.5 Å². The van der Waals surface area contributed by atoms with Gasteiger partial charge in [0.1, 0.15) is 79.7 Å². The molecular weight excluding hydrogens is 1920 g/mol. The molecule has 0 bridgehead atoms. The highest BCUT2D eigenvalue weighted by Crippen LogP contribution is 2.48. The molecule has 10 aliphatic heterocycles. The van der Waals surface area contributed by atoms with Crippen molar-refractivity contribution in [2.75, 3.05) is 170 Å². The Morgan fingerprint density at radius 1 is 0.366 bits per heavy atom. The maximum Gasteiger partial charge on any atom is 0.363 e. The predicted octanol–water partition coefficient (Wildman–Crippen LogP) is 12.6. The molecule has 25 nitrogen and oxygen atoms in total. The van der Waals surface area contributed by atoms with Crippen LogP contribution < -0.4 is 56.2 Å². The first-order valence-corrected chi connectivity index (χ1v) is 57.3. The largest absolute Gasteiger partial charge is 0.545 e. The van der Waals surface area contributed by atoms with E-state index in [2.05, 4.69) is 10.6 Å². The summed E-state index contributed by atoms with van der Waals surface area (Å²) in [5, 5.41) is 46.5. The fourth-order valence-electron chi connectivity index (χ4n) is 18.6. The van der Waals surface area contributed by atoms with Crippen molar-refractivity contribution >= 4 is 161 Å². The number of ether oxygens (including phenoxy) is 4. The number of anilines is 3. The van der Waals surface area contributed by atoms with Gasteiger partial charge in [-0.05, 0) is 247 Å². The van der Waals surface area contributed by atoms with Gasteiger partial charge >= 0.3 is 5.97 Å². The highest BCUT2D eigenvalue weighted by molar-refractivity contribution is 6.99. The number of hydrogen-bond acceptors (Lipinski definition) is 19. The lowest BCUT2D eigenvalue weighted by Gasteiger charge is -2.40. The highest BCUT2D eigenvalue weighted by atomic mass is 35.5. The molecule has 0 unspecified atom stereocenters. The second kappa shape index (κ2) is 47.5. The molecule has 0 atom stereocenters. The summed E-state index contributed by atoms with van der Waals surface area (Å²) < 4.78 is 398. The van der Waals surface area contributed by atoms with Crippen LogP contribution >= 0.6 is 23.2 Å². The van der Waals surface area contributed by atoms with Crippen LogP contribution in [0.5, 0.6) is 0 Å². The molecule has 0 spiro atoms. The van der Waals surface area contributed by atoms with Crippen molar-refractivity contribution in [1.82, 2.24) is 15.7 Å². The average Bonchev–Trinajstić information content (AvgIpc) is 1.66. The maximum absolute atomic E-state index is 13.6. The van der Waals surface area contributed by atoms with E-state index in [1.54, 1.807) is 38.3 Å². The van der Waals surface area contributed by atoms with Crippen molar-refractivity contribution in [3.05, 3.63) is 263 Å². The summed E-state index contributed by atoms with van der Waals surface area (Å²) >= 11 is 11.4. The zero-order valence-corrected chi connectivity index (χ0v) is 84.6. The van der Waals surface area contributed by atoms with E-state index in [0.29, 0.717) is 122 Å². The number of benzene rings is 6. The molecule has 762 valence electrons. The third kappa shape index (κ3) is 23.4. The monoisotopic (exact) mass is 2100 g/mol. The molecule has 3 aliphatic carbocycles. The van der Waals surface area contributed by atoms with Crippen molar-refractivity contribution < 1.29 is 152 Å². The van der Waals surface area contributed by atoms with Crippen LogP contribution in [0.1, 0.15) is 284 Å². The minimum atomic E-state index is -3.49. The van der Waals surface area contributed by atoms with Crippen LogP contribution in [0.25, 0.3) is 16.7 Å². The lowest BCUT2D eigenvalue weighted by Crippen LogP contribution is -2.50. The van der Waals surface area contributed by atoms with E-state index in [9.17, 15) is 53.7 Å². The molecule has 6 aromatic carbocycles. The molecule has 4 amide bonds. The zero-order chi connectivity index (χ0) is 141. The van der Waals surface area contributed by atoms with Gasteiger partial charge in [0, 0.05) is 241 Å². The van der Waals surface area contributed by atoms with E-state index in [0.717, 1.165) is 69.6 Å². The molecule has 7 fully saturated rings. The number of amides is 4. The van der Waals surface area contributed by atoms with E-state index in [1.165, 1.54) is 134 Å². The number of unbranched alkanes of at least 4 members (excludes halogenated alkanes) is 6. The van der Waals surface area contributed by atoms with Crippen LogP contribution in [0.2, 0.25) is 39.3 Å². The lowest BCUT2D eigenvalue weighted by atomic mass is 9.86. The molecular formula is C115H135Cl2N9O16Si3. The number of halogens is 2. The van der Waals surface area contributed by atoms with Crippen molar-refractivity contribution in [3.8, 4) is 0 Å². The fraction of sp³-hybridized carbons (Fsp3) is 0.435. The van der Waals surface area contributed by atoms with E-state index < -0.39 is 219 Å². The van der Waals surface area contributed by atoms with Crippen LogP contribution in [0, 0.1) is 0 Å². The predicted molar refractivity (Wildman–Crippen MR) is 573 cm³/mol. The van der Waals surface area contributed by atoms with Gasteiger partial charge in [-0.3, -0.25) is 19.2 Å². The SMILES string of the molecule is [2H]C1([2H])N(c2ccc3c(c2)[Si](C)(C)C2=CC(=[N+]4C([2H])([2H])C([2H])([2H])C([2H])([2H])C4([2H])[2H])C=CC2=C3c2cc(C(=O)NCCOCCOCCCCCCCl)ccc2C(=O)[O-])C([2H])([2H])C([2H])([2H])C1([2H])[2H].[2H]C1([2H])N(c2ccc3c(c2)[Si](C)(C)C2=CC(=[N+]4C([2H])([2H])C([2H])([2H])C([2H])([2H])C4([2H])[2H])C=CC2=C3c2cc(C(=O)ON3C(=O)CCC3=O)ccc2C(=O)[O-])C([2H])([2H])C([2H])([2H])C1([2H])[2H].[2H]C1([2H])N(c2ccc3c(c2)[Si](C)(C)C2=CC(=[N+]4C([2H])([2H])C([2H])([2H])C4([2H])[2H])C=CC2=C3c2cc(C(=O)NCCOCCOCCCCCCCl)ccc2C(=O)[O-])C([2H])([2H])C1([2H])[2H]. The summed E-state index contributed by atoms with van der Waals surface area (Å²) in [6, 6.07) is 23.2. The van der Waals surface area contributed by atoms with Crippen LogP contribution in [0.15, 0.2) is 196 Å². The number of rotatable bonds is 37. The lowest BCUT2D eigenvalue weighted by molar-refractivity contribution is -0.582. The molecule has 0 aromatic heterocycles. The van der Waals surface area contributed by atoms with Crippen LogP contribution in [-0.4, -0.2) is 263 Å². The highest BCUT2D eigenvalue weighted by Gasteiger charge is 2.47. The minimum Gasteiger partial charge on any atom is -0.545 e. The third-order valence-electron chi connectivity index (χ3n) is 26.1. The van der Waals surface area contributed by atoms with E-state index in [4.69, 9.17) is 107 Å². The topological polar surface area (TPSA) is 298 Å². The number of hydrogen-bond donors (Lipinski definition) is 2. The summed E-state index contributed by atoms with van der Waals surface area (Å²) in [5.41, 5.74) is -0.556. The number of aromatic carboxylic acids is 3. The summed E-state index contributed by atoms with van der Waals surface area (Å²) in [4.78, 5) is 110. The quantitative estimate of drug-likeness (QED) is 0.0120. The second-order valence-corrected chi connectivity index (χ2v) is 50.0. The van der Waals surface area contributed by atoms with Crippen LogP contribution in [-0.2, 0) is 33.4 Å². The van der Waals surface area contributed by atoms with Gasteiger partial charge in [-0.25, -0.2) is 18.5 Å². The van der Waals surface area contributed by atoms with Crippen molar-refractivity contribution in [2.45, 2.75) is 167 Å². The molecule has 7 saturated heterocycles. The van der Waals surface area contributed by atoms with Crippen molar-refractivity contribution in [1.29, 1.82) is 0 Å². The van der Waals surface area contributed by atoms with Gasteiger partial charge in [0.25, 0.3) is 23.6 Å². The fourth-order valence-corrected chi connectivity index (χ4v) is 28.2. The Morgan fingerprint density at radius 2 is 0.683 bits per heavy atom. The summed E-state index contributed by atoms with van der Waals surface area (Å²) in [6.07, 6.45) is -13.2. The Kier molecular flexibility index (Phi) is 20.5. The average molecular weight is 2100 g/mol. The normalized spacial score (nSPS) is 30.7. The number of fused-ring (bicyclic) bond motifs is 6. The summed E-state index contributed by atoms with van der Waals surface area (Å²) in [6.45, 7) is -23.6. The van der Waals surface area contributed by atoms with Crippen molar-refractivity contribution in [3.63, 3.8) is 0 Å². The number of nitrogens with one attached hydrogen (secondary N) is 2. The molecule has 19 rings (SSSR count). The van der Waals surface area contributed by atoms with Crippen LogP contribution in [0.4, 0.5) is 17.1 Å². The smallest absolute Gasteiger partial charge is 0.363 e. The number of carboxylic acid groups (broad SMARTS) is 3. The molecule has 10 heterocycles. The molecule has 0 radical (unpaired) electrons. The Bertz CT molecular complexity index is 8630. The van der Waals surface area contributed by atoms with Gasteiger partial charge in [0.15, 0.2) is 17.1 Å². The first-order chi connectivity index (χ1) is 86.8. The Labute approximate surface area is 925 Å². The summed E-state index contributed by atoms with van der Waals surface area (Å²) in [5.74, 6) is -7.67. The van der Waals surface area contributed by atoms with Crippen LogP contribution in [0.3, 0.4) is 0 Å². The van der Waals surface area contributed by atoms with Crippen molar-refractivity contribution in [2.24, 2.45) is 0 Å². The number of carbonyl (C=O) groups excluding carboxylic acids is 8. The minimum absolute atomic E-state index is 0.00661. The molecule has 145 heavy (non-hydrogen) atoms. The molecule has 30 heteroatoms. The van der Waals surface area contributed by atoms with E-state index >= 15 is 0 Å². The second-order valence-electron chi connectivity index (χ2n) is 36.3. The molecule has 13 aliphatic rings. The van der Waals surface area contributed by atoms with Gasteiger partial charge in [-0.15, -0.1) is 28.3 Å². The Balaban J connectivity index is 0.000000186. The molecule has 2 N–H and O–H groups in total. The molecule has 0 saturated carbocycles. The van der Waals surface area contributed by atoms with E-state index in [-0.39, 0.29) is 162 Å². The number of carbonyl (C=O) groups is 8. The molecule has 6 aromatic rings. The Hall–Kier alpha value is -11.6. The standard InChI is InChI=1S/C41H52ClN3O5Si.C39H48ClN3O5Si.C35H35N3O6Si/c1-51(2)37-28-31(44-19-6-7-20-44)12-15-34(37)39(35-16-13-32(29-38(35)51)45-21-8-9-22-45)36-27-30(11-14-33(36)41(47)48)40(46)43-18-24-50-26-25-49-23-10-4-3-5-17-42;1-49(2)35-26-29(42-17-7-18-42)10-13-32(35)37(33-14-11-30(27-36(33)49)43-19-8-20-43)34-25-28(9-12-31(34)39(45)46)38(44)41-16-22-48-24-23-47-21-6-4-3-5-15-40;1-45(2)29-20-23(36-15-3-4-16-36)8-11-26(29)33(27-12-9-24(21-30(27)45)37-17-5-6-18-37)28-19-22(7-10-25(28)34(41)42)35(43)44-38-31(39)13-14-32(38)40/h11-16,27-29H,3-10,17-26H2,1-2H3,(H-,43,46,47,48);9-14,25-27H,3-8,15-24H2,1-2H3,(H-,41,44,45,46);7-12,19-21H,3-6,13-18H2,1-2H3/i6D2,7D2,8D2,9D2,19D2,20D2,21D2,22D2;7D2,8D2,17D2,18D2,19D2,20D2;3D2,4D2,5D2,6D2,15D2,16D2,17D2,18D2. The maximum atomic E-state index is 13.6. The Morgan fingerprint density at radius 3 is 1.03 bits per heavy atom. The van der Waals surface area contributed by atoms with Gasteiger partial charge in [0.2, 0.25) is 0 Å².